The average molecular weight is 571 g/mol. The number of terminal acetylenes is 1. The number of likely N-dealkylation sites (tertiary alicyclic amines) is 1. The van der Waals surface area contributed by atoms with E-state index in [2.05, 4.69) is 73.1 Å². The summed E-state index contributed by atoms with van der Waals surface area (Å²) in [5, 5.41) is 11.3. The van der Waals surface area contributed by atoms with Crippen LogP contribution in [-0.2, 0) is 4.74 Å². The van der Waals surface area contributed by atoms with Crippen LogP contribution in [0.25, 0.3) is 0 Å². The number of allylic oxidation sites excluding steroid dienone is 5. The number of aliphatic imine (C=N–C) groups is 2. The first kappa shape index (κ1) is 40.0. The van der Waals surface area contributed by atoms with Gasteiger partial charge in [0.25, 0.3) is 0 Å². The molecule has 7 heteroatoms. The summed E-state index contributed by atoms with van der Waals surface area (Å²) in [6.45, 7) is 22.5. The molecule has 1 amide bonds. The maximum Gasteiger partial charge on any atom is 0.407 e. The maximum atomic E-state index is 10.8. The molecule has 0 saturated carbocycles. The number of aliphatic hydroxyl groups is 1. The molecule has 2 aliphatic rings. The molecule has 2 aliphatic heterocycles. The highest BCUT2D eigenvalue weighted by Crippen LogP contribution is 2.21. The number of alkyl carbamates (subject to hydrolysis) is 1. The van der Waals surface area contributed by atoms with E-state index >= 15 is 0 Å². The number of nitrogens with one attached hydrogen (secondary N) is 1. The van der Waals surface area contributed by atoms with E-state index in [9.17, 15) is 4.79 Å². The van der Waals surface area contributed by atoms with Crippen LogP contribution in [0.15, 0.2) is 57.6 Å². The zero-order chi connectivity index (χ0) is 31.7. The van der Waals surface area contributed by atoms with Crippen molar-refractivity contribution < 1.29 is 14.6 Å². The molecular weight excluding hydrogens is 512 g/mol. The first-order valence-electron chi connectivity index (χ1n) is 14.9. The van der Waals surface area contributed by atoms with Crippen LogP contribution in [0.2, 0.25) is 0 Å². The van der Waals surface area contributed by atoms with Crippen LogP contribution in [0.1, 0.15) is 88.0 Å². The van der Waals surface area contributed by atoms with E-state index in [1.165, 1.54) is 17.6 Å². The van der Waals surface area contributed by atoms with Crippen molar-refractivity contribution in [2.75, 3.05) is 39.4 Å². The van der Waals surface area contributed by atoms with Crippen molar-refractivity contribution in [1.29, 1.82) is 0 Å². The second-order valence-corrected chi connectivity index (χ2v) is 11.0. The zero-order valence-electron chi connectivity index (χ0n) is 27.4. The molecule has 232 valence electrons. The van der Waals surface area contributed by atoms with Crippen LogP contribution in [0.3, 0.4) is 0 Å². The second kappa shape index (κ2) is 24.7. The van der Waals surface area contributed by atoms with Crippen molar-refractivity contribution in [1.82, 2.24) is 10.2 Å². The van der Waals surface area contributed by atoms with Crippen molar-refractivity contribution >= 4 is 17.8 Å². The molecule has 1 unspecified atom stereocenters. The Kier molecular flexibility index (Phi) is 24.1. The summed E-state index contributed by atoms with van der Waals surface area (Å²) in [5.74, 6) is 2.78. The number of nitrogens with zero attached hydrogens (tertiary/aromatic N) is 3. The van der Waals surface area contributed by atoms with Gasteiger partial charge in [-0.2, -0.15) is 0 Å². The van der Waals surface area contributed by atoms with Gasteiger partial charge in [0.05, 0.1) is 19.8 Å². The van der Waals surface area contributed by atoms with Crippen LogP contribution in [0.5, 0.6) is 0 Å². The van der Waals surface area contributed by atoms with Crippen molar-refractivity contribution in [3.05, 3.63) is 47.6 Å². The van der Waals surface area contributed by atoms with Crippen molar-refractivity contribution in [3.63, 3.8) is 0 Å². The molecule has 41 heavy (non-hydrogen) atoms. The molecule has 0 aromatic carbocycles. The van der Waals surface area contributed by atoms with Gasteiger partial charge < -0.3 is 20.1 Å². The zero-order valence-corrected chi connectivity index (χ0v) is 27.4. The predicted octanol–water partition coefficient (Wildman–Crippen LogP) is 7.36. The molecule has 0 spiro atoms. The first-order valence-corrected chi connectivity index (χ1v) is 14.9. The van der Waals surface area contributed by atoms with Gasteiger partial charge in [-0.1, -0.05) is 83.6 Å². The van der Waals surface area contributed by atoms with E-state index in [1.807, 2.05) is 47.6 Å². The van der Waals surface area contributed by atoms with Crippen molar-refractivity contribution in [2.45, 2.75) is 88.0 Å². The maximum absolute atomic E-state index is 10.8. The third kappa shape index (κ3) is 21.3. The van der Waals surface area contributed by atoms with Crippen LogP contribution in [-0.4, -0.2) is 67.2 Å². The second-order valence-electron chi connectivity index (χ2n) is 11.0. The lowest BCUT2D eigenvalue weighted by molar-refractivity contribution is 0.107. The third-order valence-electron chi connectivity index (χ3n) is 5.49. The minimum atomic E-state index is -0.331. The summed E-state index contributed by atoms with van der Waals surface area (Å²) in [5.41, 5.74) is 2.56. The van der Waals surface area contributed by atoms with E-state index in [4.69, 9.17) is 14.8 Å². The third-order valence-corrected chi connectivity index (χ3v) is 5.49. The molecule has 7 nitrogen and oxygen atoms in total. The molecule has 1 fully saturated rings. The number of amidine groups is 2. The molecule has 1 atom stereocenters. The number of hydrogen-bond donors (Lipinski definition) is 2. The molecule has 0 radical (unpaired) electrons. The van der Waals surface area contributed by atoms with E-state index in [0.29, 0.717) is 13.2 Å². The van der Waals surface area contributed by atoms with Gasteiger partial charge >= 0.3 is 6.09 Å². The van der Waals surface area contributed by atoms with Crippen LogP contribution in [0.4, 0.5) is 4.79 Å². The summed E-state index contributed by atoms with van der Waals surface area (Å²) in [6.07, 6.45) is 24.1. The topological polar surface area (TPSA) is 86.5 Å². The summed E-state index contributed by atoms with van der Waals surface area (Å²) >= 11 is 0. The molecular formula is C34H58N4O3. The first-order chi connectivity index (χ1) is 19.6. The minimum Gasteiger partial charge on any atom is -0.449 e. The summed E-state index contributed by atoms with van der Waals surface area (Å²) in [4.78, 5) is 22.8. The Hall–Kier alpha value is -3.11. The molecule has 2 N–H and O–H groups in total. The van der Waals surface area contributed by atoms with Gasteiger partial charge in [-0.15, -0.1) is 12.8 Å². The van der Waals surface area contributed by atoms with Gasteiger partial charge in [-0.25, -0.2) is 9.79 Å². The highest BCUT2D eigenvalue weighted by Gasteiger charge is 2.25. The molecule has 0 aromatic heterocycles. The quantitative estimate of drug-likeness (QED) is 0.172. The molecule has 0 bridgehead atoms. The SMILES string of the molecule is C#C.CC.CC(C)=C/C=C1\CN=C(C/C=C\CC/C=C\CO)N=C1N1CCC(C)C1.CCNC(=O)OCC(C)(C)C. The number of rotatable bonds is 9. The van der Waals surface area contributed by atoms with Crippen LogP contribution in [0, 0.1) is 24.2 Å². The largest absolute Gasteiger partial charge is 0.449 e. The Balaban J connectivity index is 0. The summed E-state index contributed by atoms with van der Waals surface area (Å²) in [7, 11) is 0. The fourth-order valence-corrected chi connectivity index (χ4v) is 3.55. The van der Waals surface area contributed by atoms with E-state index in [-0.39, 0.29) is 18.1 Å². The van der Waals surface area contributed by atoms with Crippen LogP contribution < -0.4 is 5.32 Å². The van der Waals surface area contributed by atoms with Gasteiger partial charge in [0.2, 0.25) is 0 Å². The fraction of sp³-hybridized carbons (Fsp3) is 0.618. The number of unbranched alkanes of at least 4 members (excludes halogenated alkanes) is 1. The molecule has 2 rings (SSSR count). The average Bonchev–Trinajstić information content (AvgIpc) is 3.39. The summed E-state index contributed by atoms with van der Waals surface area (Å²) in [6, 6.07) is 0. The molecule has 0 aliphatic carbocycles. The van der Waals surface area contributed by atoms with Gasteiger partial charge in [0.1, 0.15) is 11.7 Å². The van der Waals surface area contributed by atoms with E-state index in [0.717, 1.165) is 56.5 Å². The minimum absolute atomic E-state index is 0.0467. The number of ether oxygens (including phenoxy) is 1. The lowest BCUT2D eigenvalue weighted by Gasteiger charge is -2.25. The number of aliphatic hydroxyl groups excluding tert-OH is 1. The Morgan fingerprint density at radius 1 is 1.15 bits per heavy atom. The highest BCUT2D eigenvalue weighted by molar-refractivity contribution is 6.08. The highest BCUT2D eigenvalue weighted by atomic mass is 16.5. The van der Waals surface area contributed by atoms with Crippen LogP contribution >= 0.6 is 0 Å². The predicted molar refractivity (Wildman–Crippen MR) is 178 cm³/mol. The number of hydrogen-bond acceptors (Lipinski definition) is 6. The Bertz CT molecular complexity index is 914. The smallest absolute Gasteiger partial charge is 0.407 e. The standard InChI is InChI=1S/C22H33N3O.C8H17NO2.C2H6.C2H2/c1-18(2)11-12-20-16-23-21(10-8-6-4-5-7-9-15-26)24-22(20)25-14-13-19(3)17-25;1-5-9-7(10)11-6-8(2,3)4;2*1-2/h6-9,11-12,19,26H,4-5,10,13-17H2,1-3H3;5-6H2,1-4H3,(H,9,10);1-2H3;1-2H/b8-6-,9-7-,20-12+;;;. The normalized spacial score (nSPS) is 17.3. The monoisotopic (exact) mass is 570 g/mol. The lowest BCUT2D eigenvalue weighted by atomic mass is 9.99. The molecule has 2 heterocycles. The van der Waals surface area contributed by atoms with Gasteiger partial charge in [0.15, 0.2) is 0 Å². The summed E-state index contributed by atoms with van der Waals surface area (Å²) < 4.78 is 4.90. The Labute approximate surface area is 251 Å². The number of carbonyl (C=O) groups excluding carboxylic acids is 1. The Morgan fingerprint density at radius 2 is 1.78 bits per heavy atom. The fourth-order valence-electron chi connectivity index (χ4n) is 3.55. The van der Waals surface area contributed by atoms with Gasteiger partial charge in [-0.3, -0.25) is 4.99 Å². The van der Waals surface area contributed by atoms with E-state index in [1.54, 1.807) is 6.08 Å². The van der Waals surface area contributed by atoms with Crippen molar-refractivity contribution in [3.8, 4) is 12.8 Å². The number of amides is 1. The van der Waals surface area contributed by atoms with Gasteiger partial charge in [0, 0.05) is 31.6 Å². The van der Waals surface area contributed by atoms with E-state index < -0.39 is 0 Å². The molecule has 1 saturated heterocycles. The lowest BCUT2D eigenvalue weighted by Crippen LogP contribution is -2.33. The van der Waals surface area contributed by atoms with Crippen molar-refractivity contribution in [2.24, 2.45) is 21.3 Å². The number of carbonyl (C=O) groups is 1. The van der Waals surface area contributed by atoms with Gasteiger partial charge in [-0.05, 0) is 51.4 Å². The Morgan fingerprint density at radius 3 is 2.29 bits per heavy atom. The molecule has 0 aromatic rings.